The number of esters is 1. The second kappa shape index (κ2) is 9.00. The summed E-state index contributed by atoms with van der Waals surface area (Å²) in [5.41, 5.74) is 0.0403. The average Bonchev–Trinajstić information content (AvgIpc) is 2.43. The Morgan fingerprint density at radius 2 is 2.09 bits per heavy atom. The van der Waals surface area contributed by atoms with Crippen LogP contribution in [0.5, 0.6) is 0 Å². The Balaban J connectivity index is 3.02. The van der Waals surface area contributed by atoms with E-state index in [2.05, 4.69) is 5.32 Å². The number of benzene rings is 1. The standard InChI is InChI=1S/C15H19ClFNO3S/c1-4-6-13(15(20)21-5-2)22-14-8-12(18-9(3)19)11(17)7-10(14)16/h7-8,13H,4-6H2,1-3H3,(H,18,19). The summed E-state index contributed by atoms with van der Waals surface area (Å²) in [5.74, 6) is -1.32. The van der Waals surface area contributed by atoms with E-state index in [1.54, 1.807) is 6.92 Å². The van der Waals surface area contributed by atoms with Crippen LogP contribution in [0.15, 0.2) is 17.0 Å². The van der Waals surface area contributed by atoms with Crippen LogP contribution in [-0.2, 0) is 14.3 Å². The molecule has 0 radical (unpaired) electrons. The van der Waals surface area contributed by atoms with Crippen molar-refractivity contribution >= 4 is 40.9 Å². The van der Waals surface area contributed by atoms with Gasteiger partial charge >= 0.3 is 5.97 Å². The summed E-state index contributed by atoms with van der Waals surface area (Å²) >= 11 is 7.25. The molecule has 7 heteroatoms. The SMILES string of the molecule is CCCC(Sc1cc(NC(C)=O)c(F)cc1Cl)C(=O)OCC. The van der Waals surface area contributed by atoms with Crippen LogP contribution in [0.4, 0.5) is 10.1 Å². The first kappa shape index (κ1) is 18.8. The van der Waals surface area contributed by atoms with Crippen molar-refractivity contribution in [3.05, 3.63) is 23.0 Å². The van der Waals surface area contributed by atoms with Crippen molar-refractivity contribution in [3.63, 3.8) is 0 Å². The lowest BCUT2D eigenvalue weighted by atomic mass is 10.2. The molecule has 0 aliphatic heterocycles. The summed E-state index contributed by atoms with van der Waals surface area (Å²) in [6, 6.07) is 2.56. The molecule has 0 fully saturated rings. The van der Waals surface area contributed by atoms with Crippen LogP contribution < -0.4 is 5.32 Å². The Morgan fingerprint density at radius 1 is 1.41 bits per heavy atom. The Kier molecular flexibility index (Phi) is 7.68. The molecule has 0 saturated heterocycles. The fraction of sp³-hybridized carbons (Fsp3) is 0.467. The van der Waals surface area contributed by atoms with Gasteiger partial charge in [0.25, 0.3) is 0 Å². The topological polar surface area (TPSA) is 55.4 Å². The second-order valence-corrected chi connectivity index (χ2v) is 6.24. The maximum Gasteiger partial charge on any atom is 0.319 e. The first-order valence-corrected chi connectivity index (χ1v) is 8.24. The Labute approximate surface area is 138 Å². The van der Waals surface area contributed by atoms with Gasteiger partial charge in [-0.1, -0.05) is 24.9 Å². The van der Waals surface area contributed by atoms with Gasteiger partial charge in [0, 0.05) is 11.8 Å². The second-order valence-electron chi connectivity index (χ2n) is 4.59. The van der Waals surface area contributed by atoms with E-state index in [0.717, 1.165) is 12.5 Å². The maximum atomic E-state index is 13.8. The quantitative estimate of drug-likeness (QED) is 0.591. The van der Waals surface area contributed by atoms with Crippen LogP contribution >= 0.6 is 23.4 Å². The largest absolute Gasteiger partial charge is 0.465 e. The van der Waals surface area contributed by atoms with Crippen molar-refractivity contribution in [2.24, 2.45) is 0 Å². The van der Waals surface area contributed by atoms with Crippen molar-refractivity contribution in [1.82, 2.24) is 0 Å². The minimum atomic E-state index is -0.618. The molecule has 0 spiro atoms. The van der Waals surface area contributed by atoms with Gasteiger partial charge in [-0.05, 0) is 25.5 Å². The number of rotatable bonds is 7. The summed E-state index contributed by atoms with van der Waals surface area (Å²) in [6.45, 7) is 5.29. The molecule has 1 N–H and O–H groups in total. The smallest absolute Gasteiger partial charge is 0.319 e. The molecular formula is C15H19ClFNO3S. The zero-order chi connectivity index (χ0) is 16.7. The molecule has 0 aromatic heterocycles. The van der Waals surface area contributed by atoms with Crippen LogP contribution in [0.3, 0.4) is 0 Å². The van der Waals surface area contributed by atoms with Crippen molar-refractivity contribution < 1.29 is 18.7 Å². The molecule has 1 aromatic carbocycles. The molecule has 1 unspecified atom stereocenters. The van der Waals surface area contributed by atoms with Gasteiger partial charge in [-0.15, -0.1) is 11.8 Å². The molecule has 0 aliphatic rings. The molecule has 22 heavy (non-hydrogen) atoms. The van der Waals surface area contributed by atoms with Gasteiger partial charge in [0.15, 0.2) is 0 Å². The van der Waals surface area contributed by atoms with E-state index in [9.17, 15) is 14.0 Å². The number of hydrogen-bond acceptors (Lipinski definition) is 4. The van der Waals surface area contributed by atoms with Crippen molar-refractivity contribution in [2.75, 3.05) is 11.9 Å². The predicted octanol–water partition coefficient (Wildman–Crippen LogP) is 4.26. The van der Waals surface area contributed by atoms with E-state index in [0.29, 0.717) is 17.9 Å². The molecular weight excluding hydrogens is 329 g/mol. The fourth-order valence-corrected chi connectivity index (χ4v) is 3.25. The van der Waals surface area contributed by atoms with Crippen LogP contribution in [0.2, 0.25) is 5.02 Å². The van der Waals surface area contributed by atoms with E-state index >= 15 is 0 Å². The predicted molar refractivity (Wildman–Crippen MR) is 86.9 cm³/mol. The van der Waals surface area contributed by atoms with E-state index in [1.165, 1.54) is 24.8 Å². The number of halogens is 2. The highest BCUT2D eigenvalue weighted by atomic mass is 35.5. The number of anilines is 1. The van der Waals surface area contributed by atoms with Gasteiger partial charge in [-0.25, -0.2) is 4.39 Å². The first-order valence-electron chi connectivity index (χ1n) is 6.98. The zero-order valence-corrected chi connectivity index (χ0v) is 14.3. The lowest BCUT2D eigenvalue weighted by molar-refractivity contribution is -0.142. The lowest BCUT2D eigenvalue weighted by Crippen LogP contribution is -2.20. The van der Waals surface area contributed by atoms with Crippen molar-refractivity contribution in [3.8, 4) is 0 Å². The normalized spacial score (nSPS) is 11.9. The molecule has 122 valence electrons. The first-order chi connectivity index (χ1) is 10.4. The van der Waals surface area contributed by atoms with Gasteiger partial charge in [-0.2, -0.15) is 0 Å². The molecule has 1 aromatic rings. The van der Waals surface area contributed by atoms with Crippen LogP contribution in [0, 0.1) is 5.82 Å². The highest BCUT2D eigenvalue weighted by Crippen LogP contribution is 2.36. The molecule has 1 rings (SSSR count). The number of amides is 1. The third kappa shape index (κ3) is 5.50. The molecule has 0 aliphatic carbocycles. The Hall–Kier alpha value is -1.27. The number of ether oxygens (including phenoxy) is 1. The molecule has 1 atom stereocenters. The average molecular weight is 348 g/mol. The highest BCUT2D eigenvalue weighted by molar-refractivity contribution is 8.00. The van der Waals surface area contributed by atoms with E-state index in [1.807, 2.05) is 6.92 Å². The van der Waals surface area contributed by atoms with E-state index < -0.39 is 11.1 Å². The van der Waals surface area contributed by atoms with E-state index in [-0.39, 0.29) is 22.6 Å². The van der Waals surface area contributed by atoms with Crippen LogP contribution in [0.1, 0.15) is 33.6 Å². The van der Waals surface area contributed by atoms with Crippen molar-refractivity contribution in [1.29, 1.82) is 0 Å². The summed E-state index contributed by atoms with van der Waals surface area (Å²) in [4.78, 5) is 23.6. The third-order valence-corrected chi connectivity index (χ3v) is 4.43. The van der Waals surface area contributed by atoms with E-state index in [4.69, 9.17) is 16.3 Å². The maximum absolute atomic E-state index is 13.8. The van der Waals surface area contributed by atoms with Crippen LogP contribution in [0.25, 0.3) is 0 Å². The number of carbonyl (C=O) groups is 2. The number of hydrogen-bond donors (Lipinski definition) is 1. The third-order valence-electron chi connectivity index (χ3n) is 2.70. The molecule has 0 saturated carbocycles. The van der Waals surface area contributed by atoms with Crippen molar-refractivity contribution in [2.45, 2.75) is 43.8 Å². The summed E-state index contributed by atoms with van der Waals surface area (Å²) in [5, 5.41) is 2.18. The monoisotopic (exact) mass is 347 g/mol. The van der Waals surface area contributed by atoms with Gasteiger partial charge < -0.3 is 10.1 Å². The molecule has 4 nitrogen and oxygen atoms in total. The van der Waals surface area contributed by atoms with Gasteiger partial charge in [0.2, 0.25) is 5.91 Å². The summed E-state index contributed by atoms with van der Waals surface area (Å²) < 4.78 is 18.8. The molecule has 1 amide bonds. The number of nitrogens with one attached hydrogen (secondary N) is 1. The summed E-state index contributed by atoms with van der Waals surface area (Å²) in [7, 11) is 0. The van der Waals surface area contributed by atoms with Gasteiger partial charge in [-0.3, -0.25) is 9.59 Å². The fourth-order valence-electron chi connectivity index (χ4n) is 1.78. The number of thioether (sulfide) groups is 1. The van der Waals surface area contributed by atoms with Gasteiger partial charge in [0.05, 0.1) is 17.3 Å². The molecule has 0 bridgehead atoms. The lowest BCUT2D eigenvalue weighted by Gasteiger charge is -2.16. The zero-order valence-electron chi connectivity index (χ0n) is 12.7. The highest BCUT2D eigenvalue weighted by Gasteiger charge is 2.22. The minimum Gasteiger partial charge on any atom is -0.465 e. The molecule has 0 heterocycles. The Morgan fingerprint density at radius 3 is 2.64 bits per heavy atom. The Bertz CT molecular complexity index is 554. The number of carbonyl (C=O) groups excluding carboxylic acids is 2. The summed E-state index contributed by atoms with van der Waals surface area (Å²) in [6.07, 6.45) is 1.42. The minimum absolute atomic E-state index is 0.0403. The van der Waals surface area contributed by atoms with Crippen LogP contribution in [-0.4, -0.2) is 23.7 Å². The van der Waals surface area contributed by atoms with Gasteiger partial charge in [0.1, 0.15) is 11.1 Å².